The number of aromatic nitrogens is 2. The first-order chi connectivity index (χ1) is 13.1. The first-order valence-electron chi connectivity index (χ1n) is 7.99. The quantitative estimate of drug-likeness (QED) is 0.526. The number of hydrogen-bond acceptors (Lipinski definition) is 2. The number of rotatable bonds is 4. The summed E-state index contributed by atoms with van der Waals surface area (Å²) in [5.41, 5.74) is 0.266. The molecule has 4 nitrogen and oxygen atoms in total. The van der Waals surface area contributed by atoms with Gasteiger partial charge in [0, 0.05) is 21.0 Å². The van der Waals surface area contributed by atoms with Crippen LogP contribution in [0.5, 0.6) is 0 Å². The van der Waals surface area contributed by atoms with Crippen molar-refractivity contribution in [1.82, 2.24) is 9.78 Å². The standard InChI is InChI=1S/C19H13Cl2F3N2O2/c1-10(18(27)28)6-16-14-5-3-12(19(22,23)24)7-17(14)26(25-16)9-11-2-4-13(20)8-15(11)21/h2-8H,9H2,1H3,(H,27,28). The first-order valence-corrected chi connectivity index (χ1v) is 8.75. The number of alkyl halides is 3. The number of fused-ring (bicyclic) bond motifs is 1. The summed E-state index contributed by atoms with van der Waals surface area (Å²) in [5.74, 6) is -1.14. The van der Waals surface area contributed by atoms with Crippen molar-refractivity contribution in [2.45, 2.75) is 19.6 Å². The van der Waals surface area contributed by atoms with Gasteiger partial charge in [0.15, 0.2) is 0 Å². The third-order valence-corrected chi connectivity index (χ3v) is 4.72. The van der Waals surface area contributed by atoms with E-state index in [9.17, 15) is 18.0 Å². The Hall–Kier alpha value is -2.51. The highest BCUT2D eigenvalue weighted by Gasteiger charge is 2.31. The molecule has 0 aliphatic carbocycles. The van der Waals surface area contributed by atoms with E-state index >= 15 is 0 Å². The molecule has 0 bridgehead atoms. The van der Waals surface area contributed by atoms with E-state index in [2.05, 4.69) is 5.10 Å². The van der Waals surface area contributed by atoms with Gasteiger partial charge in [-0.3, -0.25) is 4.68 Å². The van der Waals surface area contributed by atoms with Gasteiger partial charge in [-0.05, 0) is 48.9 Å². The lowest BCUT2D eigenvalue weighted by molar-refractivity contribution is -0.137. The molecule has 9 heteroatoms. The molecule has 0 fully saturated rings. The van der Waals surface area contributed by atoms with Gasteiger partial charge in [-0.25, -0.2) is 4.79 Å². The van der Waals surface area contributed by atoms with E-state index < -0.39 is 17.7 Å². The van der Waals surface area contributed by atoms with Gasteiger partial charge < -0.3 is 5.11 Å². The average molecular weight is 429 g/mol. The van der Waals surface area contributed by atoms with Crippen LogP contribution in [0.2, 0.25) is 10.0 Å². The van der Waals surface area contributed by atoms with Crippen molar-refractivity contribution in [2.24, 2.45) is 0 Å². The molecule has 1 N–H and O–H groups in total. The molecular weight excluding hydrogens is 416 g/mol. The zero-order valence-corrected chi connectivity index (χ0v) is 15.9. The highest BCUT2D eigenvalue weighted by molar-refractivity contribution is 6.35. The average Bonchev–Trinajstić information content (AvgIpc) is 2.93. The monoisotopic (exact) mass is 428 g/mol. The van der Waals surface area contributed by atoms with Gasteiger partial charge in [-0.1, -0.05) is 29.3 Å². The van der Waals surface area contributed by atoms with Crippen LogP contribution in [0.15, 0.2) is 42.0 Å². The number of halogens is 5. The van der Waals surface area contributed by atoms with E-state index in [0.29, 0.717) is 21.0 Å². The number of carboxylic acid groups (broad SMARTS) is 1. The summed E-state index contributed by atoms with van der Waals surface area (Å²) in [6.45, 7) is 1.47. The zero-order chi connectivity index (χ0) is 20.6. The smallest absolute Gasteiger partial charge is 0.416 e. The van der Waals surface area contributed by atoms with E-state index in [0.717, 1.165) is 12.1 Å². The van der Waals surface area contributed by atoms with E-state index in [4.69, 9.17) is 28.3 Å². The zero-order valence-electron chi connectivity index (χ0n) is 14.4. The fraction of sp³-hybridized carbons (Fsp3) is 0.158. The van der Waals surface area contributed by atoms with Crippen molar-refractivity contribution in [2.75, 3.05) is 0 Å². The first kappa shape index (κ1) is 20.2. The van der Waals surface area contributed by atoms with Crippen molar-refractivity contribution < 1.29 is 23.1 Å². The van der Waals surface area contributed by atoms with Crippen LogP contribution < -0.4 is 0 Å². The topological polar surface area (TPSA) is 55.1 Å². The van der Waals surface area contributed by atoms with Crippen LogP contribution in [0.3, 0.4) is 0 Å². The van der Waals surface area contributed by atoms with Crippen molar-refractivity contribution in [3.05, 3.63) is 68.8 Å². The lowest BCUT2D eigenvalue weighted by Crippen LogP contribution is -2.06. The Kier molecular flexibility index (Phi) is 5.41. The molecular formula is C19H13Cl2F3N2O2. The van der Waals surface area contributed by atoms with Crippen LogP contribution >= 0.6 is 23.2 Å². The van der Waals surface area contributed by atoms with Crippen LogP contribution in [0.4, 0.5) is 13.2 Å². The van der Waals surface area contributed by atoms with Crippen molar-refractivity contribution in [3.8, 4) is 0 Å². The Bertz CT molecular complexity index is 1100. The van der Waals surface area contributed by atoms with Crippen LogP contribution in [0, 0.1) is 0 Å². The summed E-state index contributed by atoms with van der Waals surface area (Å²) < 4.78 is 40.8. The molecule has 0 radical (unpaired) electrons. The Balaban J connectivity index is 2.18. The largest absolute Gasteiger partial charge is 0.478 e. The molecule has 28 heavy (non-hydrogen) atoms. The minimum Gasteiger partial charge on any atom is -0.478 e. The summed E-state index contributed by atoms with van der Waals surface area (Å²) in [7, 11) is 0. The third kappa shape index (κ3) is 4.15. The van der Waals surface area contributed by atoms with Gasteiger partial charge in [-0.2, -0.15) is 18.3 Å². The van der Waals surface area contributed by atoms with Gasteiger partial charge in [0.25, 0.3) is 0 Å². The lowest BCUT2D eigenvalue weighted by atomic mass is 10.1. The van der Waals surface area contributed by atoms with Crippen LogP contribution in [0.1, 0.15) is 23.7 Å². The summed E-state index contributed by atoms with van der Waals surface area (Å²) in [6.07, 6.45) is -3.20. The normalized spacial score (nSPS) is 12.6. The predicted octanol–water partition coefficient (Wildman–Crippen LogP) is 5.90. The second-order valence-electron chi connectivity index (χ2n) is 6.14. The van der Waals surface area contributed by atoms with Crippen molar-refractivity contribution in [3.63, 3.8) is 0 Å². The van der Waals surface area contributed by atoms with Crippen LogP contribution in [-0.2, 0) is 17.5 Å². The van der Waals surface area contributed by atoms with Gasteiger partial charge in [0.1, 0.15) is 0 Å². The van der Waals surface area contributed by atoms with Crippen LogP contribution in [-0.4, -0.2) is 20.9 Å². The Morgan fingerprint density at radius 2 is 1.93 bits per heavy atom. The molecule has 1 aromatic heterocycles. The van der Waals surface area contributed by atoms with E-state index in [1.807, 2.05) is 0 Å². The Morgan fingerprint density at radius 3 is 2.54 bits per heavy atom. The van der Waals surface area contributed by atoms with E-state index in [1.54, 1.807) is 12.1 Å². The van der Waals surface area contributed by atoms with Gasteiger partial charge in [0.2, 0.25) is 0 Å². The van der Waals surface area contributed by atoms with E-state index in [1.165, 1.54) is 29.8 Å². The number of nitrogens with zero attached hydrogens (tertiary/aromatic N) is 2. The van der Waals surface area contributed by atoms with Gasteiger partial charge in [-0.15, -0.1) is 0 Å². The molecule has 0 saturated heterocycles. The summed E-state index contributed by atoms with van der Waals surface area (Å²) >= 11 is 12.1. The second kappa shape index (κ2) is 7.48. The number of hydrogen-bond donors (Lipinski definition) is 1. The highest BCUT2D eigenvalue weighted by atomic mass is 35.5. The van der Waals surface area contributed by atoms with E-state index in [-0.39, 0.29) is 23.3 Å². The maximum absolute atomic E-state index is 13.2. The molecule has 0 saturated carbocycles. The minimum atomic E-state index is -4.52. The number of benzene rings is 2. The molecule has 0 aliphatic rings. The molecule has 0 atom stereocenters. The SMILES string of the molecule is CC(=Cc1nn(Cc2ccc(Cl)cc2Cl)c2cc(C(F)(F)F)ccc12)C(=O)O. The molecule has 0 spiro atoms. The summed E-state index contributed by atoms with van der Waals surface area (Å²) in [4.78, 5) is 11.1. The fourth-order valence-corrected chi connectivity index (χ4v) is 3.15. The number of aliphatic carboxylic acids is 1. The maximum atomic E-state index is 13.2. The summed E-state index contributed by atoms with van der Waals surface area (Å²) in [6, 6.07) is 8.01. The minimum absolute atomic E-state index is 0.0102. The van der Waals surface area contributed by atoms with Gasteiger partial charge >= 0.3 is 12.1 Å². The fourth-order valence-electron chi connectivity index (χ4n) is 2.68. The predicted molar refractivity (Wildman–Crippen MR) is 102 cm³/mol. The molecule has 3 aromatic rings. The molecule has 3 rings (SSSR count). The third-order valence-electron chi connectivity index (χ3n) is 4.13. The molecule has 2 aromatic carbocycles. The molecule has 0 amide bonds. The summed E-state index contributed by atoms with van der Waals surface area (Å²) in [5, 5.41) is 14.6. The van der Waals surface area contributed by atoms with Crippen molar-refractivity contribution >= 4 is 46.2 Å². The lowest BCUT2D eigenvalue weighted by Gasteiger charge is -2.09. The van der Waals surface area contributed by atoms with Crippen LogP contribution in [0.25, 0.3) is 17.0 Å². The molecule has 0 aliphatic heterocycles. The Morgan fingerprint density at radius 1 is 1.21 bits per heavy atom. The molecule has 1 heterocycles. The maximum Gasteiger partial charge on any atom is 0.416 e. The molecule has 146 valence electrons. The molecule has 0 unspecified atom stereocenters. The van der Waals surface area contributed by atoms with Crippen molar-refractivity contribution in [1.29, 1.82) is 0 Å². The Labute approximate surface area is 167 Å². The highest BCUT2D eigenvalue weighted by Crippen LogP contribution is 2.33. The van der Waals surface area contributed by atoms with Gasteiger partial charge in [0.05, 0.1) is 23.3 Å². The second-order valence-corrected chi connectivity index (χ2v) is 6.98. The number of carboxylic acids is 1. The number of carbonyl (C=O) groups is 1.